The molecular weight excluding hydrogens is 420 g/mol. The molecule has 0 atom stereocenters. The molecule has 0 unspecified atom stereocenters. The van der Waals surface area contributed by atoms with E-state index in [-0.39, 0.29) is 12.1 Å². The molecule has 2 saturated carbocycles. The Hall–Kier alpha value is -2.96. The molecule has 0 spiro atoms. The Balaban J connectivity index is 1.56. The van der Waals surface area contributed by atoms with E-state index in [0.29, 0.717) is 34.6 Å². The molecule has 2 aliphatic carbocycles. The van der Waals surface area contributed by atoms with Crippen LogP contribution in [-0.4, -0.2) is 30.9 Å². The van der Waals surface area contributed by atoms with Crippen LogP contribution in [0, 0.1) is 0 Å². The van der Waals surface area contributed by atoms with Crippen molar-refractivity contribution in [1.82, 2.24) is 10.6 Å². The molecule has 2 N–H and O–H groups in total. The fourth-order valence-electron chi connectivity index (χ4n) is 4.82. The number of carbonyl (C=O) groups excluding carboxylic acids is 2. The molecule has 0 aliphatic heterocycles. The van der Waals surface area contributed by atoms with Gasteiger partial charge in [0.05, 0.1) is 6.61 Å². The van der Waals surface area contributed by atoms with Gasteiger partial charge in [-0.1, -0.05) is 62.8 Å². The lowest BCUT2D eigenvalue weighted by Gasteiger charge is -2.23. The van der Waals surface area contributed by atoms with Gasteiger partial charge in [0.25, 0.3) is 0 Å². The number of hydrogen-bond acceptors (Lipinski definition) is 5. The molecule has 7 heteroatoms. The Labute approximate surface area is 195 Å². The van der Waals surface area contributed by atoms with E-state index in [1.165, 1.54) is 12.8 Å². The molecular formula is C26H34N2O5. The van der Waals surface area contributed by atoms with Gasteiger partial charge in [-0.15, -0.1) is 0 Å². The lowest BCUT2D eigenvalue weighted by Crippen LogP contribution is -2.38. The first kappa shape index (κ1) is 23.2. The summed E-state index contributed by atoms with van der Waals surface area (Å²) in [5.41, 5.74) is 0. The molecule has 0 bridgehead atoms. The molecule has 2 aromatic rings. The van der Waals surface area contributed by atoms with Crippen molar-refractivity contribution in [3.05, 3.63) is 30.3 Å². The highest BCUT2D eigenvalue weighted by Crippen LogP contribution is 2.42. The first-order valence-corrected chi connectivity index (χ1v) is 12.3. The topological polar surface area (TPSA) is 85.9 Å². The van der Waals surface area contributed by atoms with Gasteiger partial charge < -0.3 is 24.8 Å². The maximum Gasteiger partial charge on any atom is 0.412 e. The van der Waals surface area contributed by atoms with Gasteiger partial charge in [0.15, 0.2) is 11.5 Å². The Morgan fingerprint density at radius 1 is 0.788 bits per heavy atom. The standard InChI is InChI=1S/C26H34N2O5/c1-2-31-23-17-22(32-25(29)27-18-11-5-3-6-12-18)20-15-9-10-16-21(20)24(23)33-26(30)28-19-13-7-4-8-14-19/h9-10,15-19H,2-8,11-14H2,1H3,(H,27,29)(H,28,30). The maximum absolute atomic E-state index is 12.7. The van der Waals surface area contributed by atoms with Gasteiger partial charge in [-0.05, 0) is 32.6 Å². The van der Waals surface area contributed by atoms with Gasteiger partial charge >= 0.3 is 12.2 Å². The molecule has 0 aromatic heterocycles. The number of amides is 2. The molecule has 0 radical (unpaired) electrons. The summed E-state index contributed by atoms with van der Waals surface area (Å²) in [7, 11) is 0. The highest BCUT2D eigenvalue weighted by molar-refractivity contribution is 5.98. The molecule has 0 heterocycles. The molecule has 2 amide bonds. The zero-order chi connectivity index (χ0) is 23.0. The molecule has 2 fully saturated rings. The Bertz CT molecular complexity index is 965. The van der Waals surface area contributed by atoms with Crippen LogP contribution in [-0.2, 0) is 0 Å². The SMILES string of the molecule is CCOc1cc(OC(=O)NC2CCCCC2)c2ccccc2c1OC(=O)NC1CCCCC1. The third kappa shape index (κ3) is 6.09. The third-order valence-electron chi connectivity index (χ3n) is 6.47. The Morgan fingerprint density at radius 3 is 1.91 bits per heavy atom. The fraction of sp³-hybridized carbons (Fsp3) is 0.538. The van der Waals surface area contributed by atoms with E-state index in [1.807, 2.05) is 31.2 Å². The predicted octanol–water partition coefficient (Wildman–Crippen LogP) is 6.08. The minimum Gasteiger partial charge on any atom is -0.490 e. The van der Waals surface area contributed by atoms with Crippen LogP contribution >= 0.6 is 0 Å². The number of rotatable bonds is 6. The summed E-state index contributed by atoms with van der Waals surface area (Å²) in [5.74, 6) is 1.08. The van der Waals surface area contributed by atoms with Crippen LogP contribution in [0.4, 0.5) is 9.59 Å². The van der Waals surface area contributed by atoms with Gasteiger partial charge in [0.1, 0.15) is 5.75 Å². The predicted molar refractivity (Wildman–Crippen MR) is 127 cm³/mol. The van der Waals surface area contributed by atoms with Crippen LogP contribution in [0.25, 0.3) is 10.8 Å². The van der Waals surface area contributed by atoms with Gasteiger partial charge in [-0.3, -0.25) is 0 Å². The van der Waals surface area contributed by atoms with Gasteiger partial charge in [-0.2, -0.15) is 0 Å². The molecule has 4 rings (SSSR count). The van der Waals surface area contributed by atoms with Crippen LogP contribution in [0.2, 0.25) is 0 Å². The average Bonchev–Trinajstić information content (AvgIpc) is 2.83. The summed E-state index contributed by atoms with van der Waals surface area (Å²) in [4.78, 5) is 25.3. The first-order chi connectivity index (χ1) is 16.1. The molecule has 2 aliphatic rings. The highest BCUT2D eigenvalue weighted by atomic mass is 16.6. The number of nitrogens with one attached hydrogen (secondary N) is 2. The van der Waals surface area contributed by atoms with E-state index in [0.717, 1.165) is 51.4 Å². The van der Waals surface area contributed by atoms with Crippen LogP contribution < -0.4 is 24.8 Å². The molecule has 0 saturated heterocycles. The number of ether oxygens (including phenoxy) is 3. The third-order valence-corrected chi connectivity index (χ3v) is 6.47. The van der Waals surface area contributed by atoms with Gasteiger partial charge in [0, 0.05) is 28.9 Å². The monoisotopic (exact) mass is 454 g/mol. The summed E-state index contributed by atoms with van der Waals surface area (Å²) < 4.78 is 17.3. The van der Waals surface area contributed by atoms with Crippen molar-refractivity contribution in [2.45, 2.75) is 83.2 Å². The Morgan fingerprint density at radius 2 is 1.33 bits per heavy atom. The largest absolute Gasteiger partial charge is 0.490 e. The second kappa shape index (κ2) is 11.3. The summed E-state index contributed by atoms with van der Waals surface area (Å²) in [5, 5.41) is 7.30. The zero-order valence-corrected chi connectivity index (χ0v) is 19.4. The second-order valence-electron chi connectivity index (χ2n) is 8.92. The lowest BCUT2D eigenvalue weighted by molar-refractivity contribution is 0.188. The van der Waals surface area contributed by atoms with E-state index in [1.54, 1.807) is 6.07 Å². The van der Waals surface area contributed by atoms with Crippen molar-refractivity contribution in [2.24, 2.45) is 0 Å². The summed E-state index contributed by atoms with van der Waals surface area (Å²) in [6.45, 7) is 2.24. The number of hydrogen-bond donors (Lipinski definition) is 2. The van der Waals surface area contributed by atoms with Crippen LogP contribution in [0.3, 0.4) is 0 Å². The number of benzene rings is 2. The minimum absolute atomic E-state index is 0.138. The lowest BCUT2D eigenvalue weighted by atomic mass is 9.96. The van der Waals surface area contributed by atoms with E-state index in [2.05, 4.69) is 10.6 Å². The highest BCUT2D eigenvalue weighted by Gasteiger charge is 2.23. The van der Waals surface area contributed by atoms with E-state index < -0.39 is 12.2 Å². The average molecular weight is 455 g/mol. The second-order valence-corrected chi connectivity index (χ2v) is 8.92. The van der Waals surface area contributed by atoms with Crippen LogP contribution in [0.5, 0.6) is 17.2 Å². The van der Waals surface area contributed by atoms with Gasteiger partial charge in [0.2, 0.25) is 0 Å². The van der Waals surface area contributed by atoms with Crippen molar-refractivity contribution in [3.8, 4) is 17.2 Å². The summed E-state index contributed by atoms with van der Waals surface area (Å²) >= 11 is 0. The normalized spacial score (nSPS) is 17.4. The molecule has 178 valence electrons. The van der Waals surface area contributed by atoms with Crippen molar-refractivity contribution >= 4 is 23.0 Å². The van der Waals surface area contributed by atoms with Crippen LogP contribution in [0.15, 0.2) is 30.3 Å². The van der Waals surface area contributed by atoms with E-state index >= 15 is 0 Å². The number of carbonyl (C=O) groups is 2. The van der Waals surface area contributed by atoms with E-state index in [4.69, 9.17) is 14.2 Å². The molecule has 2 aromatic carbocycles. The Kier molecular flexibility index (Phi) is 7.92. The first-order valence-electron chi connectivity index (χ1n) is 12.3. The summed E-state index contributed by atoms with van der Waals surface area (Å²) in [6, 6.07) is 9.33. The van der Waals surface area contributed by atoms with Crippen molar-refractivity contribution < 1.29 is 23.8 Å². The van der Waals surface area contributed by atoms with Crippen molar-refractivity contribution in [3.63, 3.8) is 0 Å². The van der Waals surface area contributed by atoms with Crippen LogP contribution in [0.1, 0.15) is 71.1 Å². The molecule has 7 nitrogen and oxygen atoms in total. The zero-order valence-electron chi connectivity index (χ0n) is 19.4. The number of fused-ring (bicyclic) bond motifs is 1. The minimum atomic E-state index is -0.489. The van der Waals surface area contributed by atoms with Crippen molar-refractivity contribution in [2.75, 3.05) is 6.61 Å². The van der Waals surface area contributed by atoms with E-state index in [9.17, 15) is 9.59 Å². The maximum atomic E-state index is 12.7. The van der Waals surface area contributed by atoms with Crippen molar-refractivity contribution in [1.29, 1.82) is 0 Å². The van der Waals surface area contributed by atoms with Gasteiger partial charge in [-0.25, -0.2) is 9.59 Å². The molecule has 33 heavy (non-hydrogen) atoms. The quantitative estimate of drug-likeness (QED) is 0.552. The smallest absolute Gasteiger partial charge is 0.412 e. The fourth-order valence-corrected chi connectivity index (χ4v) is 4.82. The summed E-state index contributed by atoms with van der Waals surface area (Å²) in [6.07, 6.45) is 9.83.